The van der Waals surface area contributed by atoms with Crippen LogP contribution in [-0.4, -0.2) is 34.2 Å². The van der Waals surface area contributed by atoms with Crippen LogP contribution in [0.15, 0.2) is 65.6 Å². The quantitative estimate of drug-likeness (QED) is 0.554. The van der Waals surface area contributed by atoms with Gasteiger partial charge in [-0.3, -0.25) is 14.7 Å². The van der Waals surface area contributed by atoms with E-state index in [9.17, 15) is 9.59 Å². The maximum atomic E-state index is 12.8. The Balaban J connectivity index is 1.53. The number of H-pyrrole nitrogens is 1. The van der Waals surface area contributed by atoms with Crippen molar-refractivity contribution in [3.05, 3.63) is 82.4 Å². The number of fused-ring (bicyclic) bond motifs is 1. The SMILES string of the molecule is COc1ccccc1N1C[C@@H](c2cc(=O)n3[nH]cc(-c4ccc(C)cc4)c3n2)CC1=O. The van der Waals surface area contributed by atoms with Crippen molar-refractivity contribution in [1.82, 2.24) is 14.6 Å². The highest BCUT2D eigenvalue weighted by atomic mass is 16.5. The van der Waals surface area contributed by atoms with Gasteiger partial charge in [0.05, 0.1) is 18.5 Å². The van der Waals surface area contributed by atoms with Crippen LogP contribution in [0.2, 0.25) is 0 Å². The van der Waals surface area contributed by atoms with Crippen LogP contribution in [0.5, 0.6) is 5.75 Å². The maximum Gasteiger partial charge on any atom is 0.272 e. The molecule has 3 heterocycles. The molecule has 31 heavy (non-hydrogen) atoms. The average Bonchev–Trinajstić information content (AvgIpc) is 3.38. The number of aromatic nitrogens is 3. The fourth-order valence-corrected chi connectivity index (χ4v) is 4.15. The minimum atomic E-state index is -0.193. The van der Waals surface area contributed by atoms with E-state index in [1.165, 1.54) is 10.6 Å². The molecule has 0 bridgehead atoms. The maximum absolute atomic E-state index is 12.8. The number of carbonyl (C=O) groups excluding carboxylic acids is 1. The number of rotatable bonds is 4. The van der Waals surface area contributed by atoms with Gasteiger partial charge in [-0.2, -0.15) is 0 Å². The molecule has 0 spiro atoms. The molecule has 1 atom stereocenters. The zero-order chi connectivity index (χ0) is 21.5. The van der Waals surface area contributed by atoms with Gasteiger partial charge in [0, 0.05) is 36.7 Å². The van der Waals surface area contributed by atoms with E-state index in [1.54, 1.807) is 18.2 Å². The second-order valence-corrected chi connectivity index (χ2v) is 7.81. The van der Waals surface area contributed by atoms with Crippen molar-refractivity contribution in [1.29, 1.82) is 0 Å². The zero-order valence-electron chi connectivity index (χ0n) is 17.3. The number of methoxy groups -OCH3 is 1. The number of para-hydroxylation sites is 2. The Hall–Kier alpha value is -3.87. The van der Waals surface area contributed by atoms with Crippen LogP contribution < -0.4 is 15.2 Å². The molecular formula is C24H22N4O3. The van der Waals surface area contributed by atoms with Crippen LogP contribution >= 0.6 is 0 Å². The van der Waals surface area contributed by atoms with E-state index in [4.69, 9.17) is 9.72 Å². The average molecular weight is 414 g/mol. The van der Waals surface area contributed by atoms with E-state index >= 15 is 0 Å². The van der Waals surface area contributed by atoms with E-state index in [-0.39, 0.29) is 17.4 Å². The van der Waals surface area contributed by atoms with Gasteiger partial charge >= 0.3 is 0 Å². The zero-order valence-corrected chi connectivity index (χ0v) is 17.3. The van der Waals surface area contributed by atoms with Crippen molar-refractivity contribution in [2.24, 2.45) is 0 Å². The highest BCUT2D eigenvalue weighted by Crippen LogP contribution is 2.36. The van der Waals surface area contributed by atoms with Crippen LogP contribution in [-0.2, 0) is 4.79 Å². The summed E-state index contributed by atoms with van der Waals surface area (Å²) >= 11 is 0. The first-order valence-corrected chi connectivity index (χ1v) is 10.2. The molecule has 5 rings (SSSR count). The lowest BCUT2D eigenvalue weighted by atomic mass is 10.0. The van der Waals surface area contributed by atoms with Gasteiger partial charge in [0.15, 0.2) is 5.65 Å². The number of amides is 1. The first kappa shape index (κ1) is 19.1. The molecule has 0 saturated carbocycles. The molecule has 1 N–H and O–H groups in total. The Labute approximate surface area is 178 Å². The predicted octanol–water partition coefficient (Wildman–Crippen LogP) is 3.53. The Morgan fingerprint density at radius 3 is 2.65 bits per heavy atom. The lowest BCUT2D eigenvalue weighted by Gasteiger charge is -2.19. The summed E-state index contributed by atoms with van der Waals surface area (Å²) in [6.45, 7) is 2.48. The van der Waals surface area contributed by atoms with Crippen molar-refractivity contribution in [2.45, 2.75) is 19.3 Å². The molecule has 2 aromatic carbocycles. The van der Waals surface area contributed by atoms with E-state index in [0.717, 1.165) is 22.4 Å². The highest BCUT2D eigenvalue weighted by Gasteiger charge is 2.34. The Morgan fingerprint density at radius 1 is 1.10 bits per heavy atom. The molecule has 1 amide bonds. The number of hydrogen-bond acceptors (Lipinski definition) is 4. The number of nitrogens with one attached hydrogen (secondary N) is 1. The number of hydrogen-bond donors (Lipinski definition) is 1. The monoisotopic (exact) mass is 414 g/mol. The second kappa shape index (κ2) is 7.43. The Kier molecular flexibility index (Phi) is 4.58. The molecule has 1 saturated heterocycles. The minimum absolute atomic E-state index is 0.00988. The number of benzene rings is 2. The van der Waals surface area contributed by atoms with E-state index in [1.807, 2.05) is 55.5 Å². The number of aryl methyl sites for hydroxylation is 1. The van der Waals surface area contributed by atoms with Crippen molar-refractivity contribution < 1.29 is 9.53 Å². The molecule has 156 valence electrons. The lowest BCUT2D eigenvalue weighted by molar-refractivity contribution is -0.117. The molecule has 7 heteroatoms. The first-order valence-electron chi connectivity index (χ1n) is 10.2. The molecule has 1 aliphatic rings. The smallest absolute Gasteiger partial charge is 0.272 e. The van der Waals surface area contributed by atoms with Crippen molar-refractivity contribution in [3.63, 3.8) is 0 Å². The molecule has 2 aromatic heterocycles. The highest BCUT2D eigenvalue weighted by molar-refractivity contribution is 5.97. The summed E-state index contributed by atoms with van der Waals surface area (Å²) in [5.41, 5.74) is 4.73. The lowest BCUT2D eigenvalue weighted by Crippen LogP contribution is -2.25. The first-order chi connectivity index (χ1) is 15.0. The number of carbonyl (C=O) groups is 1. The van der Waals surface area contributed by atoms with Gasteiger partial charge in [0.1, 0.15) is 5.75 Å². The summed E-state index contributed by atoms with van der Waals surface area (Å²) in [6, 6.07) is 17.1. The molecule has 7 nitrogen and oxygen atoms in total. The van der Waals surface area contributed by atoms with E-state index in [2.05, 4.69) is 5.10 Å². The largest absolute Gasteiger partial charge is 0.495 e. The van der Waals surface area contributed by atoms with Gasteiger partial charge in [-0.1, -0.05) is 42.0 Å². The minimum Gasteiger partial charge on any atom is -0.495 e. The van der Waals surface area contributed by atoms with Crippen LogP contribution in [0.3, 0.4) is 0 Å². The van der Waals surface area contributed by atoms with Crippen molar-refractivity contribution >= 4 is 17.2 Å². The molecule has 4 aromatic rings. The third kappa shape index (κ3) is 3.28. The molecule has 0 radical (unpaired) electrons. The number of aromatic amines is 1. The van der Waals surface area contributed by atoms with Crippen LogP contribution in [0, 0.1) is 6.92 Å². The fraction of sp³-hybridized carbons (Fsp3) is 0.208. The van der Waals surface area contributed by atoms with E-state index < -0.39 is 0 Å². The molecular weight excluding hydrogens is 392 g/mol. The molecule has 0 aliphatic carbocycles. The van der Waals surface area contributed by atoms with Crippen LogP contribution in [0.1, 0.15) is 23.6 Å². The van der Waals surface area contributed by atoms with Crippen LogP contribution in [0.4, 0.5) is 5.69 Å². The summed E-state index contributed by atoms with van der Waals surface area (Å²) in [7, 11) is 1.59. The van der Waals surface area contributed by atoms with Gasteiger partial charge in [0.25, 0.3) is 5.56 Å². The number of nitrogens with zero attached hydrogens (tertiary/aromatic N) is 3. The molecule has 1 aliphatic heterocycles. The topological polar surface area (TPSA) is 79.7 Å². The number of ether oxygens (including phenoxy) is 1. The summed E-state index contributed by atoms with van der Waals surface area (Å²) in [4.78, 5) is 32.1. The third-order valence-corrected chi connectivity index (χ3v) is 5.80. The van der Waals surface area contributed by atoms with Gasteiger partial charge < -0.3 is 9.64 Å². The van der Waals surface area contributed by atoms with Crippen LogP contribution in [0.25, 0.3) is 16.8 Å². The van der Waals surface area contributed by atoms with Gasteiger partial charge in [0.2, 0.25) is 5.91 Å². The predicted molar refractivity (Wildman–Crippen MR) is 119 cm³/mol. The summed E-state index contributed by atoms with van der Waals surface area (Å²) in [5, 5.41) is 2.99. The van der Waals surface area contributed by atoms with Gasteiger partial charge in [-0.05, 0) is 24.6 Å². The third-order valence-electron chi connectivity index (χ3n) is 5.80. The summed E-state index contributed by atoms with van der Waals surface area (Å²) in [6.07, 6.45) is 2.09. The molecule has 0 unspecified atom stereocenters. The van der Waals surface area contributed by atoms with E-state index in [0.29, 0.717) is 30.1 Å². The standard InChI is InChI=1S/C24H22N4O3/c1-15-7-9-16(10-8-15)18-13-25-28-23(30)12-19(26-24(18)28)17-11-22(29)27(14-17)20-5-3-4-6-21(20)31-2/h3-10,12-13,17,25H,11,14H2,1-2H3/t17-/m0/s1. The normalized spacial score (nSPS) is 16.3. The van der Waals surface area contributed by atoms with Gasteiger partial charge in [-0.25, -0.2) is 9.50 Å². The van der Waals surface area contributed by atoms with Gasteiger partial charge in [-0.15, -0.1) is 0 Å². The van der Waals surface area contributed by atoms with Crippen molar-refractivity contribution in [3.8, 4) is 16.9 Å². The Morgan fingerprint density at radius 2 is 1.87 bits per heavy atom. The number of anilines is 1. The summed E-state index contributed by atoms with van der Waals surface area (Å²) in [5.74, 6) is 0.465. The fourth-order valence-electron chi connectivity index (χ4n) is 4.15. The molecule has 1 fully saturated rings. The Bertz CT molecular complexity index is 1340. The second-order valence-electron chi connectivity index (χ2n) is 7.81. The van der Waals surface area contributed by atoms with Crippen molar-refractivity contribution in [2.75, 3.05) is 18.6 Å². The summed E-state index contributed by atoms with van der Waals surface area (Å²) < 4.78 is 6.86.